The van der Waals surface area contributed by atoms with E-state index in [-0.39, 0.29) is 5.41 Å². The van der Waals surface area contributed by atoms with Gasteiger partial charge in [-0.3, -0.25) is 5.10 Å². The summed E-state index contributed by atoms with van der Waals surface area (Å²) in [6, 6.07) is 16.8. The van der Waals surface area contributed by atoms with Crippen molar-refractivity contribution in [3.63, 3.8) is 0 Å². The topological polar surface area (TPSA) is 53.6 Å². The van der Waals surface area contributed by atoms with Gasteiger partial charge >= 0.3 is 0 Å². The quantitative estimate of drug-likeness (QED) is 0.733. The van der Waals surface area contributed by atoms with Crippen molar-refractivity contribution in [2.24, 2.45) is 0 Å². The minimum absolute atomic E-state index is 0.153. The van der Waals surface area contributed by atoms with Crippen LogP contribution in [0.1, 0.15) is 37.7 Å². The van der Waals surface area contributed by atoms with Gasteiger partial charge in [0.05, 0.1) is 6.54 Å². The Morgan fingerprint density at radius 3 is 2.25 bits per heavy atom. The normalized spacial score (nSPS) is 11.5. The van der Waals surface area contributed by atoms with Gasteiger partial charge in [-0.1, -0.05) is 62.7 Å². The summed E-state index contributed by atoms with van der Waals surface area (Å²) in [6.45, 7) is 9.34. The SMILES string of the molecule is Cc1ccc(NCc2nc(-c3ccc(C(C)(C)C)cc3)n[nH]2)cc1. The van der Waals surface area contributed by atoms with Crippen LogP contribution in [0.2, 0.25) is 0 Å². The molecule has 0 aliphatic rings. The monoisotopic (exact) mass is 320 g/mol. The van der Waals surface area contributed by atoms with E-state index in [0.717, 1.165) is 22.9 Å². The molecule has 0 saturated carbocycles. The minimum Gasteiger partial charge on any atom is -0.378 e. The molecule has 4 nitrogen and oxygen atoms in total. The maximum Gasteiger partial charge on any atom is 0.181 e. The van der Waals surface area contributed by atoms with Gasteiger partial charge in [0.15, 0.2) is 5.82 Å². The standard InChI is InChI=1S/C20H24N4/c1-14-5-11-17(12-6-14)21-13-18-22-19(24-23-18)15-7-9-16(10-8-15)20(2,3)4/h5-12,21H,13H2,1-4H3,(H,22,23,24). The molecule has 4 heteroatoms. The Labute approximate surface area is 143 Å². The first kappa shape index (κ1) is 16.2. The second kappa shape index (κ2) is 6.48. The molecule has 0 aliphatic heterocycles. The molecule has 124 valence electrons. The fourth-order valence-electron chi connectivity index (χ4n) is 2.48. The van der Waals surface area contributed by atoms with Crippen molar-refractivity contribution < 1.29 is 0 Å². The summed E-state index contributed by atoms with van der Waals surface area (Å²) in [4.78, 5) is 4.58. The largest absolute Gasteiger partial charge is 0.378 e. The lowest BCUT2D eigenvalue weighted by atomic mass is 9.87. The second-order valence-corrected chi connectivity index (χ2v) is 7.15. The average molecular weight is 320 g/mol. The summed E-state index contributed by atoms with van der Waals surface area (Å²) in [7, 11) is 0. The van der Waals surface area contributed by atoms with Crippen LogP contribution in [0.15, 0.2) is 48.5 Å². The number of hydrogen-bond acceptors (Lipinski definition) is 3. The van der Waals surface area contributed by atoms with Crippen molar-refractivity contribution in [3.8, 4) is 11.4 Å². The van der Waals surface area contributed by atoms with Gasteiger partial charge < -0.3 is 5.32 Å². The molecule has 0 spiro atoms. The van der Waals surface area contributed by atoms with Gasteiger partial charge in [-0.2, -0.15) is 5.10 Å². The van der Waals surface area contributed by atoms with Gasteiger partial charge in [0.25, 0.3) is 0 Å². The zero-order chi connectivity index (χ0) is 17.2. The number of hydrogen-bond donors (Lipinski definition) is 2. The molecule has 0 fully saturated rings. The van der Waals surface area contributed by atoms with E-state index < -0.39 is 0 Å². The van der Waals surface area contributed by atoms with Crippen molar-refractivity contribution in [1.82, 2.24) is 15.2 Å². The summed E-state index contributed by atoms with van der Waals surface area (Å²) in [5.74, 6) is 1.56. The highest BCUT2D eigenvalue weighted by atomic mass is 15.2. The number of rotatable bonds is 4. The molecule has 0 aliphatic carbocycles. The molecule has 3 rings (SSSR count). The molecule has 3 aromatic rings. The number of nitrogens with zero attached hydrogens (tertiary/aromatic N) is 2. The molecule has 24 heavy (non-hydrogen) atoms. The van der Waals surface area contributed by atoms with E-state index in [9.17, 15) is 0 Å². The van der Waals surface area contributed by atoms with Gasteiger partial charge in [0.1, 0.15) is 5.82 Å². The van der Waals surface area contributed by atoms with Crippen molar-refractivity contribution in [2.75, 3.05) is 5.32 Å². The fourth-order valence-corrected chi connectivity index (χ4v) is 2.48. The Hall–Kier alpha value is -2.62. The molecule has 2 aromatic carbocycles. The number of aromatic amines is 1. The summed E-state index contributed by atoms with van der Waals surface area (Å²) >= 11 is 0. The van der Waals surface area contributed by atoms with Crippen LogP contribution < -0.4 is 5.32 Å². The predicted molar refractivity (Wildman–Crippen MR) is 99.0 cm³/mol. The third-order valence-corrected chi connectivity index (χ3v) is 4.05. The molecule has 0 bridgehead atoms. The van der Waals surface area contributed by atoms with Gasteiger partial charge in [-0.05, 0) is 30.0 Å². The van der Waals surface area contributed by atoms with E-state index in [4.69, 9.17) is 0 Å². The van der Waals surface area contributed by atoms with Crippen molar-refractivity contribution in [1.29, 1.82) is 0 Å². The van der Waals surface area contributed by atoms with Gasteiger partial charge in [-0.25, -0.2) is 4.98 Å². The van der Waals surface area contributed by atoms with E-state index in [0.29, 0.717) is 6.54 Å². The van der Waals surface area contributed by atoms with Crippen LogP contribution in [0.3, 0.4) is 0 Å². The third-order valence-electron chi connectivity index (χ3n) is 4.05. The van der Waals surface area contributed by atoms with Gasteiger partial charge in [0, 0.05) is 11.3 Å². The molecule has 1 heterocycles. The maximum absolute atomic E-state index is 4.58. The third kappa shape index (κ3) is 3.82. The van der Waals surface area contributed by atoms with Crippen molar-refractivity contribution in [3.05, 3.63) is 65.5 Å². The highest BCUT2D eigenvalue weighted by molar-refractivity contribution is 5.55. The number of aromatic nitrogens is 3. The first-order valence-corrected chi connectivity index (χ1v) is 8.24. The van der Waals surface area contributed by atoms with Crippen LogP contribution in [0.5, 0.6) is 0 Å². The molecule has 0 atom stereocenters. The molecule has 0 saturated heterocycles. The first-order valence-electron chi connectivity index (χ1n) is 8.24. The number of benzene rings is 2. The van der Waals surface area contributed by atoms with Crippen LogP contribution >= 0.6 is 0 Å². The lowest BCUT2D eigenvalue weighted by molar-refractivity contribution is 0.590. The van der Waals surface area contributed by atoms with Crippen LogP contribution in [0.25, 0.3) is 11.4 Å². The van der Waals surface area contributed by atoms with Crippen LogP contribution in [-0.4, -0.2) is 15.2 Å². The highest BCUT2D eigenvalue weighted by Crippen LogP contribution is 2.24. The van der Waals surface area contributed by atoms with E-state index >= 15 is 0 Å². The van der Waals surface area contributed by atoms with E-state index in [1.807, 2.05) is 0 Å². The minimum atomic E-state index is 0.153. The second-order valence-electron chi connectivity index (χ2n) is 7.15. The average Bonchev–Trinajstić information content (AvgIpc) is 3.03. The molecule has 2 N–H and O–H groups in total. The lowest BCUT2D eigenvalue weighted by Gasteiger charge is -2.18. The molecule has 1 aromatic heterocycles. The van der Waals surface area contributed by atoms with Crippen LogP contribution in [0.4, 0.5) is 5.69 Å². The summed E-state index contributed by atoms with van der Waals surface area (Å²) in [5.41, 5.74) is 4.82. The van der Waals surface area contributed by atoms with E-state index in [1.165, 1.54) is 11.1 Å². The first-order chi connectivity index (χ1) is 11.4. The number of H-pyrrole nitrogens is 1. The Kier molecular flexibility index (Phi) is 4.38. The van der Waals surface area contributed by atoms with Crippen molar-refractivity contribution >= 4 is 5.69 Å². The molecule has 0 unspecified atom stereocenters. The molecule has 0 radical (unpaired) electrons. The number of aryl methyl sites for hydroxylation is 1. The van der Waals surface area contributed by atoms with Gasteiger partial charge in [0.2, 0.25) is 0 Å². The van der Waals surface area contributed by atoms with Crippen LogP contribution in [0, 0.1) is 6.92 Å². The Morgan fingerprint density at radius 2 is 1.62 bits per heavy atom. The summed E-state index contributed by atoms with van der Waals surface area (Å²) in [6.07, 6.45) is 0. The van der Waals surface area contributed by atoms with Gasteiger partial charge in [-0.15, -0.1) is 0 Å². The molecule has 0 amide bonds. The Bertz CT molecular complexity index is 793. The van der Waals surface area contributed by atoms with Crippen molar-refractivity contribution in [2.45, 2.75) is 39.7 Å². The Balaban J connectivity index is 1.68. The summed E-state index contributed by atoms with van der Waals surface area (Å²) < 4.78 is 0. The van der Waals surface area contributed by atoms with Crippen LogP contribution in [-0.2, 0) is 12.0 Å². The maximum atomic E-state index is 4.58. The van der Waals surface area contributed by atoms with E-state index in [1.54, 1.807) is 0 Å². The van der Waals surface area contributed by atoms with E-state index in [2.05, 4.69) is 96.7 Å². The molecular formula is C20H24N4. The zero-order valence-corrected chi connectivity index (χ0v) is 14.7. The Morgan fingerprint density at radius 1 is 0.958 bits per heavy atom. The highest BCUT2D eigenvalue weighted by Gasteiger charge is 2.14. The predicted octanol–water partition coefficient (Wildman–Crippen LogP) is 4.69. The smallest absolute Gasteiger partial charge is 0.181 e. The fraction of sp³-hybridized carbons (Fsp3) is 0.300. The lowest BCUT2D eigenvalue weighted by Crippen LogP contribution is -2.10. The number of nitrogens with one attached hydrogen (secondary N) is 2. The zero-order valence-electron chi connectivity index (χ0n) is 14.7. The summed E-state index contributed by atoms with van der Waals surface area (Å²) in [5, 5.41) is 10.7. The molecular weight excluding hydrogens is 296 g/mol. The number of anilines is 1.